The van der Waals surface area contributed by atoms with Crippen molar-refractivity contribution in [1.82, 2.24) is 0 Å². The first kappa shape index (κ1) is 9.40. The summed E-state index contributed by atoms with van der Waals surface area (Å²) in [6, 6.07) is 9.77. The van der Waals surface area contributed by atoms with Crippen molar-refractivity contribution in [3.63, 3.8) is 0 Å². The molecule has 0 amide bonds. The molecular weight excluding hydrogens is 200 g/mol. The van der Waals surface area contributed by atoms with E-state index in [9.17, 15) is 4.79 Å². The lowest BCUT2D eigenvalue weighted by molar-refractivity contribution is 0.0972. The minimum atomic E-state index is 0.271. The lowest BCUT2D eigenvalue weighted by Crippen LogP contribution is -2.10. The molecule has 80 valence electrons. The Hall–Kier alpha value is -1.83. The number of Topliss-reactive ketones (excluding diaryl/α,β-unsaturated/α-hetero) is 1. The molecule has 0 bridgehead atoms. The maximum atomic E-state index is 11.7. The topological polar surface area (TPSA) is 30.2 Å². The van der Waals surface area contributed by atoms with Gasteiger partial charge in [-0.15, -0.1) is 0 Å². The molecule has 16 heavy (non-hydrogen) atoms. The number of aryl methyl sites for hydroxylation is 1. The van der Waals surface area contributed by atoms with Crippen molar-refractivity contribution in [2.24, 2.45) is 0 Å². The first-order valence-corrected chi connectivity index (χ1v) is 5.54. The normalized spacial score (nSPS) is 14.9. The van der Waals surface area contributed by atoms with Crippen LogP contribution in [-0.4, -0.2) is 5.78 Å². The third-order valence-corrected chi connectivity index (χ3v) is 3.06. The molecule has 0 saturated heterocycles. The Kier molecular flexibility index (Phi) is 2.13. The van der Waals surface area contributed by atoms with E-state index in [1.807, 2.05) is 24.3 Å². The Balaban J connectivity index is 2.08. The van der Waals surface area contributed by atoms with Crippen molar-refractivity contribution in [2.75, 3.05) is 0 Å². The van der Waals surface area contributed by atoms with E-state index >= 15 is 0 Å². The zero-order chi connectivity index (χ0) is 11.0. The van der Waals surface area contributed by atoms with Gasteiger partial charge in [0.2, 0.25) is 0 Å². The second-order valence-electron chi connectivity index (χ2n) is 4.13. The van der Waals surface area contributed by atoms with E-state index in [0.717, 1.165) is 35.3 Å². The minimum Gasteiger partial charge on any atom is -0.464 e. The molecule has 2 heteroatoms. The summed E-state index contributed by atoms with van der Waals surface area (Å²) >= 11 is 0. The van der Waals surface area contributed by atoms with Crippen LogP contribution in [0.5, 0.6) is 0 Å². The molecule has 0 atom stereocenters. The number of hydrogen-bond donors (Lipinski definition) is 0. The van der Waals surface area contributed by atoms with Crippen molar-refractivity contribution < 1.29 is 9.21 Å². The van der Waals surface area contributed by atoms with Crippen molar-refractivity contribution in [3.05, 3.63) is 47.7 Å². The van der Waals surface area contributed by atoms with Crippen LogP contribution >= 0.6 is 0 Å². The highest BCUT2D eigenvalue weighted by molar-refractivity contribution is 5.98. The molecule has 3 rings (SSSR count). The minimum absolute atomic E-state index is 0.271. The first-order chi connectivity index (χ1) is 7.84. The van der Waals surface area contributed by atoms with Gasteiger partial charge in [-0.2, -0.15) is 0 Å². The van der Waals surface area contributed by atoms with Crippen LogP contribution in [0.2, 0.25) is 0 Å². The summed E-state index contributed by atoms with van der Waals surface area (Å²) < 4.78 is 5.35. The maximum absolute atomic E-state index is 11.7. The van der Waals surface area contributed by atoms with E-state index in [1.54, 1.807) is 6.26 Å². The molecule has 1 aromatic heterocycles. The van der Waals surface area contributed by atoms with E-state index in [4.69, 9.17) is 4.42 Å². The Morgan fingerprint density at radius 3 is 2.88 bits per heavy atom. The van der Waals surface area contributed by atoms with Crippen LogP contribution in [-0.2, 0) is 6.42 Å². The Bertz CT molecular complexity index is 524. The third kappa shape index (κ3) is 1.47. The molecule has 0 aliphatic heterocycles. The van der Waals surface area contributed by atoms with Crippen LogP contribution in [0.4, 0.5) is 0 Å². The van der Waals surface area contributed by atoms with Gasteiger partial charge in [-0.05, 0) is 36.6 Å². The highest BCUT2D eigenvalue weighted by Crippen LogP contribution is 2.27. The molecular formula is C14H12O2. The number of hydrogen-bond acceptors (Lipinski definition) is 2. The molecule has 2 aromatic rings. The summed E-state index contributed by atoms with van der Waals surface area (Å²) in [7, 11) is 0. The number of fused-ring (bicyclic) bond motifs is 1. The fourth-order valence-electron chi connectivity index (χ4n) is 2.24. The summed E-state index contributed by atoms with van der Waals surface area (Å²) in [5.41, 5.74) is 3.10. The van der Waals surface area contributed by atoms with Crippen LogP contribution in [0.25, 0.3) is 11.3 Å². The predicted molar refractivity (Wildman–Crippen MR) is 61.4 cm³/mol. The van der Waals surface area contributed by atoms with Crippen LogP contribution < -0.4 is 0 Å². The van der Waals surface area contributed by atoms with Gasteiger partial charge in [-0.25, -0.2) is 0 Å². The maximum Gasteiger partial charge on any atom is 0.163 e. The van der Waals surface area contributed by atoms with E-state index in [1.165, 1.54) is 0 Å². The quantitative estimate of drug-likeness (QED) is 0.724. The van der Waals surface area contributed by atoms with Crippen LogP contribution in [0.3, 0.4) is 0 Å². The zero-order valence-electron chi connectivity index (χ0n) is 8.90. The van der Waals surface area contributed by atoms with Gasteiger partial charge in [0.05, 0.1) is 6.26 Å². The Morgan fingerprint density at radius 1 is 1.12 bits per heavy atom. The van der Waals surface area contributed by atoms with Gasteiger partial charge in [0, 0.05) is 17.5 Å². The fraction of sp³-hybridized carbons (Fsp3) is 0.214. The molecule has 1 aliphatic rings. The van der Waals surface area contributed by atoms with Crippen LogP contribution in [0.1, 0.15) is 28.8 Å². The summed E-state index contributed by atoms with van der Waals surface area (Å²) in [4.78, 5) is 11.7. The second kappa shape index (κ2) is 3.63. The van der Waals surface area contributed by atoms with Gasteiger partial charge in [0.25, 0.3) is 0 Å². The molecule has 0 fully saturated rings. The highest BCUT2D eigenvalue weighted by Gasteiger charge is 2.17. The molecule has 0 unspecified atom stereocenters. The number of carbonyl (C=O) groups is 1. The summed E-state index contributed by atoms with van der Waals surface area (Å²) in [5, 5.41) is 0. The number of rotatable bonds is 1. The average Bonchev–Trinajstić information content (AvgIpc) is 2.82. The Morgan fingerprint density at radius 2 is 2.06 bits per heavy atom. The summed E-state index contributed by atoms with van der Waals surface area (Å²) in [6.07, 6.45) is 4.32. The first-order valence-electron chi connectivity index (χ1n) is 5.54. The van der Waals surface area contributed by atoms with Crippen molar-refractivity contribution in [1.29, 1.82) is 0 Å². The number of benzene rings is 1. The smallest absolute Gasteiger partial charge is 0.163 e. The van der Waals surface area contributed by atoms with E-state index in [-0.39, 0.29) is 5.78 Å². The number of carbonyl (C=O) groups excluding carboxylic acids is 1. The van der Waals surface area contributed by atoms with E-state index in [0.29, 0.717) is 6.42 Å². The van der Waals surface area contributed by atoms with Gasteiger partial charge in [-0.1, -0.05) is 12.1 Å². The monoisotopic (exact) mass is 212 g/mol. The molecule has 0 N–H and O–H groups in total. The molecule has 1 heterocycles. The van der Waals surface area contributed by atoms with Crippen molar-refractivity contribution in [3.8, 4) is 11.3 Å². The highest BCUT2D eigenvalue weighted by atomic mass is 16.3. The van der Waals surface area contributed by atoms with E-state index < -0.39 is 0 Å². The third-order valence-electron chi connectivity index (χ3n) is 3.06. The van der Waals surface area contributed by atoms with Gasteiger partial charge in [0.15, 0.2) is 5.78 Å². The largest absolute Gasteiger partial charge is 0.464 e. The van der Waals surface area contributed by atoms with E-state index in [2.05, 4.69) is 6.07 Å². The number of ketones is 1. The average molecular weight is 212 g/mol. The molecule has 0 saturated carbocycles. The number of furan rings is 1. The summed E-state index contributed by atoms with van der Waals surface area (Å²) in [6.45, 7) is 0. The van der Waals surface area contributed by atoms with Crippen LogP contribution in [0, 0.1) is 0 Å². The van der Waals surface area contributed by atoms with Gasteiger partial charge in [-0.3, -0.25) is 4.79 Å². The van der Waals surface area contributed by atoms with Gasteiger partial charge in [0.1, 0.15) is 5.76 Å². The fourth-order valence-corrected chi connectivity index (χ4v) is 2.24. The second-order valence-corrected chi connectivity index (χ2v) is 4.13. The lowest BCUT2D eigenvalue weighted by atomic mass is 9.89. The van der Waals surface area contributed by atoms with Crippen molar-refractivity contribution >= 4 is 5.78 Å². The van der Waals surface area contributed by atoms with Gasteiger partial charge < -0.3 is 4.42 Å². The molecule has 0 spiro atoms. The zero-order valence-corrected chi connectivity index (χ0v) is 8.90. The van der Waals surface area contributed by atoms with Crippen molar-refractivity contribution in [2.45, 2.75) is 19.3 Å². The van der Waals surface area contributed by atoms with Gasteiger partial charge >= 0.3 is 0 Å². The molecule has 1 aliphatic carbocycles. The Labute approximate surface area is 93.9 Å². The molecule has 0 radical (unpaired) electrons. The summed E-state index contributed by atoms with van der Waals surface area (Å²) in [5.74, 6) is 1.13. The molecule has 2 nitrogen and oxygen atoms in total. The standard InChI is InChI=1S/C14H12O2/c15-13-4-1-3-10-9-11(6-7-12(10)13)14-5-2-8-16-14/h2,5-9H,1,3-4H2. The van der Waals surface area contributed by atoms with Crippen LogP contribution in [0.15, 0.2) is 41.0 Å². The SMILES string of the molecule is O=C1CCCc2cc(-c3ccco3)ccc21. The molecule has 1 aromatic carbocycles. The lowest BCUT2D eigenvalue weighted by Gasteiger charge is -2.14. The predicted octanol–water partition coefficient (Wildman–Crippen LogP) is 3.47.